The maximum Gasteiger partial charge on any atom is 0.146 e. The van der Waals surface area contributed by atoms with Crippen LogP contribution in [-0.4, -0.2) is 4.98 Å². The smallest absolute Gasteiger partial charge is 0.146 e. The van der Waals surface area contributed by atoms with E-state index in [0.717, 1.165) is 5.56 Å². The molecule has 0 fully saturated rings. The average Bonchev–Trinajstić information content (AvgIpc) is 2.34. The van der Waals surface area contributed by atoms with E-state index in [4.69, 9.17) is 28.9 Å². The highest BCUT2D eigenvalue weighted by Crippen LogP contribution is 2.25. The Balaban J connectivity index is 2.24. The van der Waals surface area contributed by atoms with Crippen molar-refractivity contribution < 1.29 is 4.39 Å². The van der Waals surface area contributed by atoms with Gasteiger partial charge in [-0.05, 0) is 42.3 Å². The third-order valence-electron chi connectivity index (χ3n) is 2.59. The Labute approximate surface area is 115 Å². The summed E-state index contributed by atoms with van der Waals surface area (Å²) in [7, 11) is 0. The number of aromatic nitrogens is 1. The third kappa shape index (κ3) is 2.99. The highest BCUT2D eigenvalue weighted by atomic mass is 35.5. The summed E-state index contributed by atoms with van der Waals surface area (Å²) in [6, 6.07) is 7.42. The van der Waals surface area contributed by atoms with Crippen LogP contribution in [0.4, 0.5) is 4.39 Å². The molecule has 5 heteroatoms. The Hall–Kier alpha value is -1.16. The SMILES string of the molecule is NC(Cc1cc(Cl)ccc1Cl)c1ncccc1F. The highest BCUT2D eigenvalue weighted by Gasteiger charge is 2.14. The fraction of sp³-hybridized carbons (Fsp3) is 0.154. The first-order chi connectivity index (χ1) is 8.58. The number of rotatable bonds is 3. The number of halogens is 3. The summed E-state index contributed by atoms with van der Waals surface area (Å²) < 4.78 is 13.5. The fourth-order valence-electron chi connectivity index (χ4n) is 1.70. The van der Waals surface area contributed by atoms with Gasteiger partial charge in [-0.1, -0.05) is 23.2 Å². The molecule has 1 heterocycles. The van der Waals surface area contributed by atoms with Crippen molar-refractivity contribution in [2.45, 2.75) is 12.5 Å². The molecular formula is C13H11Cl2FN2. The molecule has 1 unspecified atom stereocenters. The van der Waals surface area contributed by atoms with Crippen LogP contribution in [0.3, 0.4) is 0 Å². The van der Waals surface area contributed by atoms with E-state index >= 15 is 0 Å². The molecule has 0 spiro atoms. The Morgan fingerprint density at radius 2 is 2.06 bits per heavy atom. The monoisotopic (exact) mass is 284 g/mol. The molecule has 2 nitrogen and oxygen atoms in total. The van der Waals surface area contributed by atoms with Gasteiger partial charge in [-0.2, -0.15) is 0 Å². The first-order valence-corrected chi connectivity index (χ1v) is 6.13. The molecule has 1 atom stereocenters. The lowest BCUT2D eigenvalue weighted by Crippen LogP contribution is -2.16. The van der Waals surface area contributed by atoms with E-state index < -0.39 is 11.9 Å². The molecule has 0 saturated carbocycles. The summed E-state index contributed by atoms with van der Waals surface area (Å²) in [6.07, 6.45) is 1.89. The van der Waals surface area contributed by atoms with Crippen molar-refractivity contribution in [3.05, 3.63) is 63.6 Å². The molecule has 1 aromatic heterocycles. The van der Waals surface area contributed by atoms with Crippen LogP contribution in [0.15, 0.2) is 36.5 Å². The largest absolute Gasteiger partial charge is 0.322 e. The van der Waals surface area contributed by atoms with Crippen LogP contribution in [0.2, 0.25) is 10.0 Å². The maximum atomic E-state index is 13.5. The Bertz CT molecular complexity index is 560. The zero-order chi connectivity index (χ0) is 13.1. The number of nitrogens with zero attached hydrogens (tertiary/aromatic N) is 1. The molecule has 94 valence electrons. The molecule has 0 aliphatic rings. The van der Waals surface area contributed by atoms with Crippen LogP contribution in [-0.2, 0) is 6.42 Å². The van der Waals surface area contributed by atoms with Gasteiger partial charge in [0, 0.05) is 16.2 Å². The van der Waals surface area contributed by atoms with Crippen molar-refractivity contribution in [2.75, 3.05) is 0 Å². The normalized spacial score (nSPS) is 12.4. The quantitative estimate of drug-likeness (QED) is 0.932. The summed E-state index contributed by atoms with van der Waals surface area (Å²) in [5, 5.41) is 1.13. The van der Waals surface area contributed by atoms with Gasteiger partial charge in [0.2, 0.25) is 0 Å². The number of pyridine rings is 1. The second kappa shape index (κ2) is 5.65. The molecule has 2 aromatic rings. The molecule has 2 rings (SSSR count). The zero-order valence-electron chi connectivity index (χ0n) is 9.41. The van der Waals surface area contributed by atoms with Crippen LogP contribution in [0.25, 0.3) is 0 Å². The lowest BCUT2D eigenvalue weighted by Gasteiger charge is -2.13. The molecular weight excluding hydrogens is 274 g/mol. The predicted octanol–water partition coefficient (Wildman–Crippen LogP) is 3.77. The molecule has 1 aromatic carbocycles. The van der Waals surface area contributed by atoms with E-state index in [9.17, 15) is 4.39 Å². The van der Waals surface area contributed by atoms with Gasteiger partial charge >= 0.3 is 0 Å². The van der Waals surface area contributed by atoms with Gasteiger partial charge in [-0.3, -0.25) is 4.98 Å². The molecule has 2 N–H and O–H groups in total. The van der Waals surface area contributed by atoms with Crippen molar-refractivity contribution in [2.24, 2.45) is 5.73 Å². The first-order valence-electron chi connectivity index (χ1n) is 5.38. The van der Waals surface area contributed by atoms with Gasteiger partial charge in [0.05, 0.1) is 11.7 Å². The maximum absolute atomic E-state index is 13.5. The van der Waals surface area contributed by atoms with E-state index in [1.165, 1.54) is 18.3 Å². The summed E-state index contributed by atoms with van der Waals surface area (Å²) in [4.78, 5) is 3.95. The minimum atomic E-state index is -0.554. The minimum Gasteiger partial charge on any atom is -0.322 e. The topological polar surface area (TPSA) is 38.9 Å². The van der Waals surface area contributed by atoms with E-state index in [2.05, 4.69) is 4.98 Å². The van der Waals surface area contributed by atoms with E-state index in [1.54, 1.807) is 18.2 Å². The summed E-state index contributed by atoms with van der Waals surface area (Å²) in [5.74, 6) is -0.414. The van der Waals surface area contributed by atoms with Crippen LogP contribution >= 0.6 is 23.2 Å². The van der Waals surface area contributed by atoms with Crippen molar-refractivity contribution >= 4 is 23.2 Å². The lowest BCUT2D eigenvalue weighted by atomic mass is 10.0. The molecule has 0 aliphatic heterocycles. The number of benzene rings is 1. The molecule has 0 bridgehead atoms. The van der Waals surface area contributed by atoms with Crippen LogP contribution in [0.1, 0.15) is 17.3 Å². The third-order valence-corrected chi connectivity index (χ3v) is 3.19. The average molecular weight is 285 g/mol. The molecule has 0 amide bonds. The van der Waals surface area contributed by atoms with Crippen molar-refractivity contribution in [1.82, 2.24) is 4.98 Å². The first kappa shape index (κ1) is 13.3. The van der Waals surface area contributed by atoms with Crippen molar-refractivity contribution in [1.29, 1.82) is 0 Å². The number of hydrogen-bond acceptors (Lipinski definition) is 2. The Kier molecular flexibility index (Phi) is 4.17. The van der Waals surface area contributed by atoms with E-state index in [-0.39, 0.29) is 5.69 Å². The van der Waals surface area contributed by atoms with Gasteiger partial charge in [-0.25, -0.2) is 4.39 Å². The van der Waals surface area contributed by atoms with Gasteiger partial charge in [0.15, 0.2) is 0 Å². The van der Waals surface area contributed by atoms with Crippen LogP contribution in [0.5, 0.6) is 0 Å². The van der Waals surface area contributed by atoms with Crippen molar-refractivity contribution in [3.8, 4) is 0 Å². The number of hydrogen-bond donors (Lipinski definition) is 1. The van der Waals surface area contributed by atoms with Gasteiger partial charge in [0.1, 0.15) is 5.82 Å². The summed E-state index contributed by atoms with van der Waals surface area (Å²) >= 11 is 11.9. The van der Waals surface area contributed by atoms with Crippen LogP contribution in [0, 0.1) is 5.82 Å². The Morgan fingerprint density at radius 1 is 1.28 bits per heavy atom. The summed E-state index contributed by atoms with van der Waals surface area (Å²) in [5.41, 5.74) is 6.95. The Morgan fingerprint density at radius 3 is 2.78 bits per heavy atom. The lowest BCUT2D eigenvalue weighted by molar-refractivity contribution is 0.564. The predicted molar refractivity (Wildman–Crippen MR) is 71.3 cm³/mol. The van der Waals surface area contributed by atoms with E-state index in [1.807, 2.05) is 0 Å². The minimum absolute atomic E-state index is 0.230. The fourth-order valence-corrected chi connectivity index (χ4v) is 2.09. The molecule has 0 saturated heterocycles. The molecule has 18 heavy (non-hydrogen) atoms. The van der Waals surface area contributed by atoms with Crippen molar-refractivity contribution in [3.63, 3.8) is 0 Å². The highest BCUT2D eigenvalue weighted by molar-refractivity contribution is 6.33. The zero-order valence-corrected chi connectivity index (χ0v) is 10.9. The van der Waals surface area contributed by atoms with Crippen LogP contribution < -0.4 is 5.73 Å². The van der Waals surface area contributed by atoms with Gasteiger partial charge in [0.25, 0.3) is 0 Å². The van der Waals surface area contributed by atoms with Gasteiger partial charge in [-0.15, -0.1) is 0 Å². The molecule has 0 radical (unpaired) electrons. The second-order valence-electron chi connectivity index (χ2n) is 3.92. The van der Waals surface area contributed by atoms with E-state index in [0.29, 0.717) is 16.5 Å². The number of nitrogens with two attached hydrogens (primary N) is 1. The second-order valence-corrected chi connectivity index (χ2v) is 4.76. The molecule has 0 aliphatic carbocycles. The summed E-state index contributed by atoms with van der Waals surface area (Å²) in [6.45, 7) is 0. The standard InChI is InChI=1S/C13H11Cl2FN2/c14-9-3-4-10(15)8(6-9)7-12(17)13-11(16)2-1-5-18-13/h1-6,12H,7,17H2. The van der Waals surface area contributed by atoms with Gasteiger partial charge < -0.3 is 5.73 Å².